The third-order valence-electron chi connectivity index (χ3n) is 14.4. The molecule has 0 bridgehead atoms. The second-order valence-corrected chi connectivity index (χ2v) is 18.8. The van der Waals surface area contributed by atoms with Crippen LogP contribution in [0.2, 0.25) is 0 Å². The predicted octanol–water partition coefficient (Wildman–Crippen LogP) is -2.28. The van der Waals surface area contributed by atoms with E-state index in [1.54, 1.807) is 0 Å². The molecule has 2 saturated heterocycles. The molecule has 0 aromatic carbocycles. The molecule has 19 atom stereocenters. The standard InChI is InChI=1S/C37H62O15S.Na/c1-18(2)26(51-34-31(43)32(25(40)17-49-34)52-53(45,46)47)8-6-19(3)21-7-9-27-35(21,4)13-11-28-36(5)12-10-20(14-22(36)23(38)15-37(27,28)44)50-33-30(42)29(41)24(39)16-48-33;/h6,8,18-34,38-44H,7,9-17H2,1-5H3,(H,45,46,47);/q;+1/p-1/b8-6+;/t19-,20+,21-,22-,23+,24-,25-,26+,27-,28-,29+,30-,31-,32+,33+,34+,35-,36+,37-;/m1./s1. The molecule has 54 heavy (non-hydrogen) atoms. The monoisotopic (exact) mass is 800 g/mol. The first-order valence-electron chi connectivity index (χ1n) is 19.4. The van der Waals surface area contributed by atoms with Crippen molar-refractivity contribution in [3.05, 3.63) is 12.2 Å². The molecule has 4 saturated carbocycles. The molecule has 0 spiro atoms. The Morgan fingerprint density at radius 3 is 2.09 bits per heavy atom. The molecule has 17 heteroatoms. The topological polar surface area (TPSA) is 245 Å². The van der Waals surface area contributed by atoms with Gasteiger partial charge >= 0.3 is 29.6 Å². The van der Waals surface area contributed by atoms with E-state index < -0.39 is 84.0 Å². The van der Waals surface area contributed by atoms with Crippen LogP contribution in [-0.4, -0.2) is 135 Å². The average molecular weight is 801 g/mol. The van der Waals surface area contributed by atoms with Crippen molar-refractivity contribution in [2.75, 3.05) is 13.2 Å². The van der Waals surface area contributed by atoms with E-state index in [-0.39, 0.29) is 95.0 Å². The molecule has 15 nitrogen and oxygen atoms in total. The van der Waals surface area contributed by atoms with Crippen LogP contribution < -0.4 is 29.6 Å². The summed E-state index contributed by atoms with van der Waals surface area (Å²) in [6, 6.07) is 0. The number of hydrogen-bond acceptors (Lipinski definition) is 15. The molecule has 306 valence electrons. The Morgan fingerprint density at radius 2 is 1.43 bits per heavy atom. The molecule has 7 N–H and O–H groups in total. The van der Waals surface area contributed by atoms with Gasteiger partial charge in [0.05, 0.1) is 37.1 Å². The van der Waals surface area contributed by atoms with Gasteiger partial charge in [0.15, 0.2) is 12.6 Å². The SMILES string of the molecule is CC(C)[C@H](/C=C/[C@@H](C)[C@H]1CC[C@@H]2[C@]1(C)CC[C@@H]1[C@@]3(C)CC[C@H](O[C@@H]4OC[C@@H](O)[C@H](O)[C@H]4O)C[C@@H]3[C@@H](O)C[C@]12O)O[C@@H]1OC[C@@H](O)[C@H](OS(=O)(=O)[O-])[C@H]1O.[Na+]. The number of hydrogen-bond donors (Lipinski definition) is 7. The zero-order valence-corrected chi connectivity index (χ0v) is 35.2. The summed E-state index contributed by atoms with van der Waals surface area (Å²) in [4.78, 5) is 0. The number of aliphatic hydroxyl groups excluding tert-OH is 6. The fraction of sp³-hybridized carbons (Fsp3) is 0.946. The van der Waals surface area contributed by atoms with Gasteiger partial charge in [-0.25, -0.2) is 8.42 Å². The number of aliphatic hydroxyl groups is 7. The van der Waals surface area contributed by atoms with E-state index >= 15 is 0 Å². The molecule has 2 aliphatic heterocycles. The Bertz CT molecular complexity index is 1420. The fourth-order valence-corrected chi connectivity index (χ4v) is 12.1. The van der Waals surface area contributed by atoms with Crippen molar-refractivity contribution in [3.8, 4) is 0 Å². The molecule has 0 unspecified atom stereocenters. The molecular formula is C37H61NaO15S. The van der Waals surface area contributed by atoms with Crippen LogP contribution in [0, 0.1) is 46.3 Å². The van der Waals surface area contributed by atoms with Crippen molar-refractivity contribution in [1.82, 2.24) is 0 Å². The summed E-state index contributed by atoms with van der Waals surface area (Å²) in [5, 5.41) is 75.7. The van der Waals surface area contributed by atoms with E-state index in [2.05, 4.69) is 31.0 Å². The van der Waals surface area contributed by atoms with Gasteiger partial charge in [-0.1, -0.05) is 46.8 Å². The van der Waals surface area contributed by atoms with Gasteiger partial charge in [0.2, 0.25) is 10.4 Å². The molecular weight excluding hydrogens is 739 g/mol. The van der Waals surface area contributed by atoms with E-state index in [0.29, 0.717) is 12.8 Å². The van der Waals surface area contributed by atoms with E-state index in [4.69, 9.17) is 18.9 Å². The predicted molar refractivity (Wildman–Crippen MR) is 185 cm³/mol. The second kappa shape index (κ2) is 17.0. The zero-order valence-electron chi connectivity index (χ0n) is 32.3. The van der Waals surface area contributed by atoms with Crippen molar-refractivity contribution < 1.29 is 101 Å². The van der Waals surface area contributed by atoms with Crippen LogP contribution in [0.15, 0.2) is 12.2 Å². The average Bonchev–Trinajstić information content (AvgIpc) is 3.44. The van der Waals surface area contributed by atoms with Gasteiger partial charge in [-0.3, -0.25) is 4.18 Å². The maximum Gasteiger partial charge on any atom is 1.00 e. The number of ether oxygens (including phenoxy) is 4. The first-order chi connectivity index (χ1) is 24.7. The van der Waals surface area contributed by atoms with Crippen molar-refractivity contribution in [2.24, 2.45) is 46.3 Å². The van der Waals surface area contributed by atoms with E-state index in [1.807, 2.05) is 19.9 Å². The van der Waals surface area contributed by atoms with Gasteiger partial charge in [-0.05, 0) is 91.3 Å². The summed E-state index contributed by atoms with van der Waals surface area (Å²) < 4.78 is 61.2. The summed E-state index contributed by atoms with van der Waals surface area (Å²) >= 11 is 0. The van der Waals surface area contributed by atoms with Crippen molar-refractivity contribution in [2.45, 2.75) is 159 Å². The maximum absolute atomic E-state index is 12.8. The normalized spacial score (nSPS) is 49.4. The Balaban J connectivity index is 0.00000561. The van der Waals surface area contributed by atoms with Gasteiger partial charge in [-0.15, -0.1) is 0 Å². The van der Waals surface area contributed by atoms with Gasteiger partial charge in [0.25, 0.3) is 0 Å². The maximum atomic E-state index is 12.8. The van der Waals surface area contributed by atoms with Crippen LogP contribution in [0.25, 0.3) is 0 Å². The van der Waals surface area contributed by atoms with Gasteiger partial charge in [-0.2, -0.15) is 0 Å². The van der Waals surface area contributed by atoms with E-state index in [1.165, 1.54) is 0 Å². The third kappa shape index (κ3) is 8.58. The molecule has 0 aromatic heterocycles. The summed E-state index contributed by atoms with van der Waals surface area (Å²) in [5.74, 6) is 0.0837. The smallest absolute Gasteiger partial charge is 0.726 e. The summed E-state index contributed by atoms with van der Waals surface area (Å²) in [6.45, 7) is 9.94. The zero-order chi connectivity index (χ0) is 38.8. The minimum absolute atomic E-state index is 0. The van der Waals surface area contributed by atoms with Crippen LogP contribution in [0.3, 0.4) is 0 Å². The Morgan fingerprint density at radius 1 is 0.796 bits per heavy atom. The molecule has 0 radical (unpaired) electrons. The molecule has 2 heterocycles. The largest absolute Gasteiger partial charge is 1.00 e. The third-order valence-corrected chi connectivity index (χ3v) is 14.8. The van der Waals surface area contributed by atoms with E-state index in [9.17, 15) is 48.7 Å². The first-order valence-corrected chi connectivity index (χ1v) is 20.7. The molecule has 6 rings (SSSR count). The number of fused-ring (bicyclic) bond motifs is 5. The number of rotatable bonds is 10. The van der Waals surface area contributed by atoms with Gasteiger partial charge in [0, 0.05) is 6.42 Å². The van der Waals surface area contributed by atoms with Gasteiger partial charge < -0.3 is 59.2 Å². The van der Waals surface area contributed by atoms with Crippen LogP contribution in [0.5, 0.6) is 0 Å². The van der Waals surface area contributed by atoms with Crippen LogP contribution in [0.4, 0.5) is 0 Å². The molecule has 0 aromatic rings. The van der Waals surface area contributed by atoms with Crippen LogP contribution in [0.1, 0.15) is 86.0 Å². The van der Waals surface area contributed by atoms with Gasteiger partial charge in [0.1, 0.15) is 36.6 Å². The first kappa shape index (κ1) is 45.3. The van der Waals surface area contributed by atoms with Crippen LogP contribution in [-0.2, 0) is 33.5 Å². The van der Waals surface area contributed by atoms with Crippen molar-refractivity contribution >= 4 is 10.4 Å². The Kier molecular flexibility index (Phi) is 14.3. The van der Waals surface area contributed by atoms with Crippen molar-refractivity contribution in [3.63, 3.8) is 0 Å². The Labute approximate surface area is 341 Å². The van der Waals surface area contributed by atoms with E-state index in [0.717, 1.165) is 32.1 Å². The molecule has 0 amide bonds. The summed E-state index contributed by atoms with van der Waals surface area (Å²) in [7, 11) is -5.20. The molecule has 6 aliphatic rings. The second-order valence-electron chi connectivity index (χ2n) is 17.8. The summed E-state index contributed by atoms with van der Waals surface area (Å²) in [6.07, 6.45) is -3.29. The fourth-order valence-electron chi connectivity index (χ4n) is 11.6. The minimum atomic E-state index is -5.20. The summed E-state index contributed by atoms with van der Waals surface area (Å²) in [5.41, 5.74) is -1.57. The number of allylic oxidation sites excluding steroid dienone is 1. The minimum Gasteiger partial charge on any atom is -0.726 e. The van der Waals surface area contributed by atoms with Crippen molar-refractivity contribution in [1.29, 1.82) is 0 Å². The quantitative estimate of drug-likeness (QED) is 0.0405. The Hall–Kier alpha value is 0.170. The van der Waals surface area contributed by atoms with Crippen LogP contribution >= 0.6 is 0 Å². The molecule has 6 fully saturated rings. The molecule has 4 aliphatic carbocycles.